The fourth-order valence-electron chi connectivity index (χ4n) is 5.01. The lowest BCUT2D eigenvalue weighted by molar-refractivity contribution is 0.412. The second kappa shape index (κ2) is 10.6. The zero-order valence-corrected chi connectivity index (χ0v) is 22.2. The van der Waals surface area contributed by atoms with Gasteiger partial charge < -0.3 is 14.2 Å². The molecular weight excluding hydrogens is 462 g/mol. The average Bonchev–Trinajstić information content (AvgIpc) is 3.60. The first-order valence-electron chi connectivity index (χ1n) is 13.0. The van der Waals surface area contributed by atoms with E-state index >= 15 is 0 Å². The van der Waals surface area contributed by atoms with Crippen LogP contribution in [0.1, 0.15) is 67.3 Å². The Morgan fingerprint density at radius 1 is 1.27 bits per heavy atom. The topological polar surface area (TPSA) is 73.4 Å². The molecule has 2 aliphatic heterocycles. The van der Waals surface area contributed by atoms with Gasteiger partial charge in [0.15, 0.2) is 0 Å². The number of imidazole rings is 1. The molecule has 2 aliphatic rings. The first kappa shape index (κ1) is 24.7. The molecule has 0 spiro atoms. The minimum absolute atomic E-state index is 0.547. The third-order valence-electron chi connectivity index (χ3n) is 7.07. The Labute approximate surface area is 218 Å². The second-order valence-corrected chi connectivity index (χ2v) is 9.63. The Hall–Kier alpha value is -3.94. The molecule has 0 aliphatic carbocycles. The van der Waals surface area contributed by atoms with Gasteiger partial charge in [-0.25, -0.2) is 9.97 Å². The molecule has 8 nitrogen and oxygen atoms in total. The molecule has 0 atom stereocenters. The van der Waals surface area contributed by atoms with Crippen LogP contribution in [-0.2, 0) is 19.5 Å². The van der Waals surface area contributed by atoms with E-state index < -0.39 is 0 Å². The van der Waals surface area contributed by atoms with Crippen LogP contribution in [-0.4, -0.2) is 48.5 Å². The van der Waals surface area contributed by atoms with Crippen molar-refractivity contribution in [2.45, 2.75) is 59.5 Å². The molecule has 1 fully saturated rings. The van der Waals surface area contributed by atoms with Crippen molar-refractivity contribution in [3.63, 3.8) is 0 Å². The van der Waals surface area contributed by atoms with E-state index in [1.54, 1.807) is 0 Å². The van der Waals surface area contributed by atoms with Gasteiger partial charge >= 0.3 is 0 Å². The summed E-state index contributed by atoms with van der Waals surface area (Å²) in [5, 5.41) is 4.89. The molecular formula is C29H35N7O. The number of allylic oxidation sites excluding steroid dienone is 2. The quantitative estimate of drug-likeness (QED) is 0.314. The van der Waals surface area contributed by atoms with Crippen molar-refractivity contribution in [1.29, 1.82) is 0 Å². The van der Waals surface area contributed by atoms with Gasteiger partial charge in [0, 0.05) is 43.2 Å². The molecule has 0 aromatic carbocycles. The molecule has 37 heavy (non-hydrogen) atoms. The van der Waals surface area contributed by atoms with E-state index in [1.165, 1.54) is 5.70 Å². The lowest BCUT2D eigenvalue weighted by Crippen LogP contribution is -2.11. The van der Waals surface area contributed by atoms with Crippen molar-refractivity contribution >= 4 is 17.5 Å². The first-order valence-corrected chi connectivity index (χ1v) is 13.0. The summed E-state index contributed by atoms with van der Waals surface area (Å²) in [6, 6.07) is 5.87. The fourth-order valence-corrected chi connectivity index (χ4v) is 5.01. The number of pyridine rings is 1. The molecule has 8 heteroatoms. The summed E-state index contributed by atoms with van der Waals surface area (Å²) in [6.07, 6.45) is 11.9. The van der Waals surface area contributed by atoms with Crippen LogP contribution >= 0.6 is 0 Å². The summed E-state index contributed by atoms with van der Waals surface area (Å²) in [6.45, 7) is 13.1. The number of ether oxygens (including phenoxy) is 1. The normalized spacial score (nSPS) is 16.5. The summed E-state index contributed by atoms with van der Waals surface area (Å²) in [4.78, 5) is 16.4. The van der Waals surface area contributed by atoms with Crippen LogP contribution < -0.4 is 4.74 Å². The van der Waals surface area contributed by atoms with Crippen molar-refractivity contribution < 1.29 is 4.74 Å². The van der Waals surface area contributed by atoms with Crippen molar-refractivity contribution in [2.24, 2.45) is 4.99 Å². The van der Waals surface area contributed by atoms with Gasteiger partial charge in [0.2, 0.25) is 5.88 Å². The van der Waals surface area contributed by atoms with Crippen LogP contribution in [0.25, 0.3) is 11.8 Å². The van der Waals surface area contributed by atoms with E-state index in [9.17, 15) is 0 Å². The van der Waals surface area contributed by atoms with Crippen LogP contribution in [0, 0.1) is 6.92 Å². The number of aryl methyl sites for hydroxylation is 1. The monoisotopic (exact) mass is 497 g/mol. The van der Waals surface area contributed by atoms with Gasteiger partial charge in [-0.1, -0.05) is 25.6 Å². The second-order valence-electron chi connectivity index (χ2n) is 9.63. The molecule has 192 valence electrons. The van der Waals surface area contributed by atoms with Gasteiger partial charge in [-0.05, 0) is 51.7 Å². The summed E-state index contributed by atoms with van der Waals surface area (Å²) in [7, 11) is 2.09. The SMILES string of the molecule is C=C(N=C(C)c1cnc2n1CCC=C2)c1c(CC)nn(Cc2cccc(OC=C3CCCN3C)n2)c1C. The number of fused-ring (bicyclic) bond motifs is 1. The maximum Gasteiger partial charge on any atom is 0.218 e. The maximum absolute atomic E-state index is 5.89. The Balaban J connectivity index is 1.36. The molecule has 5 rings (SSSR count). The minimum atomic E-state index is 0.547. The Kier molecular flexibility index (Phi) is 7.08. The maximum atomic E-state index is 5.89. The standard InChI is InChI=1S/C29H35N7O/c1-6-25-29(21(3)31-20(2)26-17-30-27-13-7-8-16-35(26)27)22(4)36(33-25)18-23-11-9-14-28(32-23)37-19-24-12-10-15-34(24)5/h7,9,11,13-14,17,19H,3,6,8,10,12,15-16,18H2,1-2,4-5H3. The van der Waals surface area contributed by atoms with Crippen LogP contribution in [0.4, 0.5) is 0 Å². The van der Waals surface area contributed by atoms with Gasteiger partial charge in [0.1, 0.15) is 12.1 Å². The molecule has 0 bridgehead atoms. The summed E-state index contributed by atoms with van der Waals surface area (Å²) < 4.78 is 10.1. The number of nitrogens with zero attached hydrogens (tertiary/aromatic N) is 7. The first-order chi connectivity index (χ1) is 17.9. The molecule has 0 N–H and O–H groups in total. The third kappa shape index (κ3) is 5.14. The Morgan fingerprint density at radius 3 is 2.92 bits per heavy atom. The molecule has 0 amide bonds. The third-order valence-corrected chi connectivity index (χ3v) is 7.07. The zero-order valence-electron chi connectivity index (χ0n) is 22.2. The molecule has 3 aromatic heterocycles. The summed E-state index contributed by atoms with van der Waals surface area (Å²) in [5.74, 6) is 1.57. The largest absolute Gasteiger partial charge is 0.445 e. The Bertz CT molecular complexity index is 1410. The number of likely N-dealkylation sites (tertiary alicyclic amines) is 1. The van der Waals surface area contributed by atoms with Crippen LogP contribution in [0.3, 0.4) is 0 Å². The smallest absolute Gasteiger partial charge is 0.218 e. The van der Waals surface area contributed by atoms with Crippen LogP contribution in [0.5, 0.6) is 5.88 Å². The van der Waals surface area contributed by atoms with Gasteiger partial charge in [0.25, 0.3) is 0 Å². The highest BCUT2D eigenvalue weighted by molar-refractivity contribution is 6.00. The van der Waals surface area contributed by atoms with Crippen LogP contribution in [0.15, 0.2) is 54.0 Å². The minimum Gasteiger partial charge on any atom is -0.445 e. The van der Waals surface area contributed by atoms with Gasteiger partial charge in [-0.15, -0.1) is 0 Å². The predicted octanol–water partition coefficient (Wildman–Crippen LogP) is 5.24. The van der Waals surface area contributed by atoms with E-state index in [0.29, 0.717) is 12.4 Å². The lowest BCUT2D eigenvalue weighted by atomic mass is 10.1. The number of hydrogen-bond donors (Lipinski definition) is 0. The number of aromatic nitrogens is 5. The van der Waals surface area contributed by atoms with Gasteiger partial charge in [0.05, 0.1) is 41.2 Å². The average molecular weight is 498 g/mol. The van der Waals surface area contributed by atoms with E-state index in [4.69, 9.17) is 19.8 Å². The molecule has 0 unspecified atom stereocenters. The van der Waals surface area contributed by atoms with Crippen molar-refractivity contribution in [2.75, 3.05) is 13.6 Å². The zero-order chi connectivity index (χ0) is 25.9. The van der Waals surface area contributed by atoms with E-state index in [1.807, 2.05) is 42.3 Å². The highest BCUT2D eigenvalue weighted by Crippen LogP contribution is 2.26. The number of hydrogen-bond acceptors (Lipinski definition) is 6. The summed E-state index contributed by atoms with van der Waals surface area (Å²) in [5.41, 5.74) is 7.76. The van der Waals surface area contributed by atoms with E-state index in [0.717, 1.165) is 84.3 Å². The lowest BCUT2D eigenvalue weighted by Gasteiger charge is -2.13. The number of aliphatic imine (C=N–C) groups is 1. The molecule has 3 aromatic rings. The summed E-state index contributed by atoms with van der Waals surface area (Å²) >= 11 is 0. The Morgan fingerprint density at radius 2 is 2.14 bits per heavy atom. The van der Waals surface area contributed by atoms with Crippen molar-refractivity contribution in [3.05, 3.63) is 83.2 Å². The van der Waals surface area contributed by atoms with Gasteiger partial charge in [-0.2, -0.15) is 5.10 Å². The molecule has 0 radical (unpaired) electrons. The van der Waals surface area contributed by atoms with Crippen LogP contribution in [0.2, 0.25) is 0 Å². The van der Waals surface area contributed by atoms with E-state index in [2.05, 4.69) is 54.1 Å². The van der Waals surface area contributed by atoms with Crippen molar-refractivity contribution in [3.8, 4) is 5.88 Å². The molecule has 0 saturated carbocycles. The van der Waals surface area contributed by atoms with Crippen molar-refractivity contribution in [1.82, 2.24) is 29.2 Å². The fraction of sp³-hybridized carbons (Fsp3) is 0.379. The highest BCUT2D eigenvalue weighted by Gasteiger charge is 2.19. The molecule has 1 saturated heterocycles. The highest BCUT2D eigenvalue weighted by atomic mass is 16.5. The van der Waals surface area contributed by atoms with Gasteiger partial charge in [-0.3, -0.25) is 9.67 Å². The van der Waals surface area contributed by atoms with E-state index in [-0.39, 0.29) is 0 Å². The molecule has 5 heterocycles. The predicted molar refractivity (Wildman–Crippen MR) is 147 cm³/mol. The number of rotatable bonds is 8.